The van der Waals surface area contributed by atoms with Crippen molar-refractivity contribution in [2.75, 3.05) is 7.11 Å². The van der Waals surface area contributed by atoms with Crippen LogP contribution in [0.5, 0.6) is 5.75 Å². The van der Waals surface area contributed by atoms with Crippen molar-refractivity contribution < 1.29 is 23.2 Å². The summed E-state index contributed by atoms with van der Waals surface area (Å²) < 4.78 is 32.1. The SMILES string of the molecule is COc1ccc2c(c1)c(CO)cn2S(=O)(=O)c1ccc(Cl)c([N+](=O)[O-])c1. The van der Waals surface area contributed by atoms with Crippen molar-refractivity contribution in [1.29, 1.82) is 0 Å². The molecule has 136 valence electrons. The first kappa shape index (κ1) is 18.2. The first-order valence-electron chi connectivity index (χ1n) is 7.28. The van der Waals surface area contributed by atoms with Gasteiger partial charge >= 0.3 is 0 Å². The van der Waals surface area contributed by atoms with E-state index >= 15 is 0 Å². The molecule has 0 saturated carbocycles. The van der Waals surface area contributed by atoms with E-state index in [9.17, 15) is 23.6 Å². The fraction of sp³-hybridized carbons (Fsp3) is 0.125. The van der Waals surface area contributed by atoms with E-state index in [1.54, 1.807) is 12.1 Å². The van der Waals surface area contributed by atoms with Crippen LogP contribution in [0.15, 0.2) is 47.5 Å². The summed E-state index contributed by atoms with van der Waals surface area (Å²) in [6.07, 6.45) is 1.28. The van der Waals surface area contributed by atoms with Crippen LogP contribution in [-0.4, -0.2) is 29.5 Å². The minimum Gasteiger partial charge on any atom is -0.497 e. The lowest BCUT2D eigenvalue weighted by molar-refractivity contribution is -0.384. The summed E-state index contributed by atoms with van der Waals surface area (Å²) in [7, 11) is -2.67. The molecule has 0 aliphatic heterocycles. The lowest BCUT2D eigenvalue weighted by Gasteiger charge is -2.08. The predicted octanol–water partition coefficient (Wildman–Crippen LogP) is 2.94. The zero-order valence-corrected chi connectivity index (χ0v) is 15.0. The number of aliphatic hydroxyl groups excluding tert-OH is 1. The summed E-state index contributed by atoms with van der Waals surface area (Å²) in [6.45, 7) is -0.382. The van der Waals surface area contributed by atoms with Crippen molar-refractivity contribution in [3.63, 3.8) is 0 Å². The number of hydrogen-bond acceptors (Lipinski definition) is 6. The van der Waals surface area contributed by atoms with Crippen LogP contribution >= 0.6 is 11.6 Å². The molecule has 8 nitrogen and oxygen atoms in total. The second-order valence-corrected chi connectivity index (χ2v) is 7.59. The molecule has 3 aromatic rings. The van der Waals surface area contributed by atoms with E-state index in [0.717, 1.165) is 16.1 Å². The van der Waals surface area contributed by atoms with Gasteiger partial charge in [0.1, 0.15) is 10.8 Å². The van der Waals surface area contributed by atoms with Gasteiger partial charge in [0.05, 0.1) is 29.1 Å². The summed E-state index contributed by atoms with van der Waals surface area (Å²) in [5.74, 6) is 0.504. The topological polar surface area (TPSA) is 112 Å². The molecule has 0 spiro atoms. The molecule has 26 heavy (non-hydrogen) atoms. The van der Waals surface area contributed by atoms with Crippen molar-refractivity contribution in [3.8, 4) is 5.75 Å². The average Bonchev–Trinajstić information content (AvgIpc) is 3.00. The third-order valence-electron chi connectivity index (χ3n) is 3.90. The van der Waals surface area contributed by atoms with Gasteiger partial charge in [0.2, 0.25) is 0 Å². The number of nitrogens with zero attached hydrogens (tertiary/aromatic N) is 2. The van der Waals surface area contributed by atoms with Gasteiger partial charge in [0.25, 0.3) is 15.7 Å². The highest BCUT2D eigenvalue weighted by Gasteiger charge is 2.25. The number of nitro groups is 1. The van der Waals surface area contributed by atoms with Crippen molar-refractivity contribution in [2.45, 2.75) is 11.5 Å². The van der Waals surface area contributed by atoms with Crippen LogP contribution < -0.4 is 4.74 Å². The molecule has 2 aromatic carbocycles. The Morgan fingerprint density at radius 3 is 2.62 bits per heavy atom. The highest BCUT2D eigenvalue weighted by Crippen LogP contribution is 2.32. The number of ether oxygens (including phenoxy) is 1. The summed E-state index contributed by atoms with van der Waals surface area (Å²) in [6, 6.07) is 7.99. The Kier molecular flexibility index (Phi) is 4.61. The fourth-order valence-electron chi connectivity index (χ4n) is 2.60. The Bertz CT molecular complexity index is 1120. The van der Waals surface area contributed by atoms with Gasteiger partial charge in [0, 0.05) is 23.2 Å². The number of nitro benzene ring substituents is 1. The maximum absolute atomic E-state index is 13.0. The Morgan fingerprint density at radius 1 is 1.27 bits per heavy atom. The molecule has 0 radical (unpaired) electrons. The standard InChI is InChI=1S/C16H13ClN2O6S/c1-25-11-2-5-15-13(6-11)10(9-20)8-18(15)26(23,24)12-3-4-14(17)16(7-12)19(21)22/h2-8,20H,9H2,1H3. The quantitative estimate of drug-likeness (QED) is 0.524. The third-order valence-corrected chi connectivity index (χ3v) is 5.89. The van der Waals surface area contributed by atoms with Gasteiger partial charge in [-0.1, -0.05) is 11.6 Å². The fourth-order valence-corrected chi connectivity index (χ4v) is 4.20. The van der Waals surface area contributed by atoms with E-state index in [0.29, 0.717) is 22.2 Å². The largest absolute Gasteiger partial charge is 0.497 e. The monoisotopic (exact) mass is 396 g/mol. The van der Waals surface area contributed by atoms with Crippen molar-refractivity contribution in [3.05, 3.63) is 63.3 Å². The van der Waals surface area contributed by atoms with E-state index < -0.39 is 20.6 Å². The van der Waals surface area contributed by atoms with Gasteiger partial charge in [-0.05, 0) is 30.3 Å². The van der Waals surface area contributed by atoms with Crippen molar-refractivity contribution >= 4 is 38.2 Å². The van der Waals surface area contributed by atoms with E-state index in [-0.39, 0.29) is 16.5 Å². The van der Waals surface area contributed by atoms with Gasteiger partial charge in [-0.3, -0.25) is 10.1 Å². The summed E-state index contributed by atoms with van der Waals surface area (Å²) in [5.41, 5.74) is 0.187. The van der Waals surface area contributed by atoms with Gasteiger partial charge in [-0.2, -0.15) is 0 Å². The van der Waals surface area contributed by atoms with E-state index in [4.69, 9.17) is 16.3 Å². The van der Waals surface area contributed by atoms with Gasteiger partial charge in [-0.25, -0.2) is 12.4 Å². The van der Waals surface area contributed by atoms with Gasteiger partial charge in [-0.15, -0.1) is 0 Å². The maximum Gasteiger partial charge on any atom is 0.289 e. The minimum atomic E-state index is -4.15. The molecule has 1 heterocycles. The second kappa shape index (κ2) is 6.60. The predicted molar refractivity (Wildman–Crippen MR) is 95.1 cm³/mol. The number of halogens is 1. The van der Waals surface area contributed by atoms with Gasteiger partial charge < -0.3 is 9.84 Å². The summed E-state index contributed by atoms with van der Waals surface area (Å²) in [4.78, 5) is 10.0. The highest BCUT2D eigenvalue weighted by molar-refractivity contribution is 7.90. The van der Waals surface area contributed by atoms with Gasteiger partial charge in [0.15, 0.2) is 0 Å². The Balaban J connectivity index is 2.25. The molecule has 0 atom stereocenters. The molecular weight excluding hydrogens is 384 g/mol. The number of fused-ring (bicyclic) bond motifs is 1. The lowest BCUT2D eigenvalue weighted by atomic mass is 10.2. The smallest absolute Gasteiger partial charge is 0.289 e. The molecule has 0 fully saturated rings. The van der Waals surface area contributed by atoms with Crippen LogP contribution in [0.25, 0.3) is 10.9 Å². The molecule has 1 N–H and O–H groups in total. The molecular formula is C16H13ClN2O6S. The highest BCUT2D eigenvalue weighted by atomic mass is 35.5. The molecule has 0 amide bonds. The molecule has 0 aliphatic carbocycles. The number of aliphatic hydroxyl groups is 1. The van der Waals surface area contributed by atoms with Crippen molar-refractivity contribution in [1.82, 2.24) is 3.97 Å². The summed E-state index contributed by atoms with van der Waals surface area (Å²) >= 11 is 5.75. The Hall–Kier alpha value is -2.62. The normalized spacial score (nSPS) is 11.7. The Labute approximate surface area is 153 Å². The average molecular weight is 397 g/mol. The number of rotatable bonds is 5. The molecule has 1 aromatic heterocycles. The molecule has 0 bridgehead atoms. The first-order chi connectivity index (χ1) is 12.3. The number of benzene rings is 2. The second-order valence-electron chi connectivity index (χ2n) is 5.37. The van der Waals surface area contributed by atoms with E-state index in [1.807, 2.05) is 0 Å². The molecule has 10 heteroatoms. The van der Waals surface area contributed by atoms with Crippen LogP contribution in [0.3, 0.4) is 0 Å². The lowest BCUT2D eigenvalue weighted by Crippen LogP contribution is -2.12. The summed E-state index contributed by atoms with van der Waals surface area (Å²) in [5, 5.41) is 20.9. The van der Waals surface area contributed by atoms with E-state index in [2.05, 4.69) is 0 Å². The molecule has 3 rings (SSSR count). The van der Waals surface area contributed by atoms with Crippen LogP contribution in [0, 0.1) is 10.1 Å². The zero-order chi connectivity index (χ0) is 19.1. The van der Waals surface area contributed by atoms with E-state index in [1.165, 1.54) is 25.4 Å². The van der Waals surface area contributed by atoms with Crippen LogP contribution in [0.2, 0.25) is 5.02 Å². The molecule has 0 unspecified atom stereocenters. The minimum absolute atomic E-state index is 0.160. The zero-order valence-electron chi connectivity index (χ0n) is 13.4. The Morgan fingerprint density at radius 2 is 2.00 bits per heavy atom. The number of hydrogen-bond donors (Lipinski definition) is 1. The van der Waals surface area contributed by atoms with Crippen LogP contribution in [0.1, 0.15) is 5.56 Å². The first-order valence-corrected chi connectivity index (χ1v) is 9.09. The maximum atomic E-state index is 13.0. The number of methoxy groups -OCH3 is 1. The van der Waals surface area contributed by atoms with Crippen LogP contribution in [-0.2, 0) is 16.6 Å². The third kappa shape index (κ3) is 2.90. The number of aromatic nitrogens is 1. The van der Waals surface area contributed by atoms with Crippen molar-refractivity contribution in [2.24, 2.45) is 0 Å². The molecule has 0 aliphatic rings. The molecule has 0 saturated heterocycles. The van der Waals surface area contributed by atoms with Crippen LogP contribution in [0.4, 0.5) is 5.69 Å².